The summed E-state index contributed by atoms with van der Waals surface area (Å²) < 4.78 is 21.8. The van der Waals surface area contributed by atoms with E-state index in [1.54, 1.807) is 6.07 Å². The molecular formula is C30H35NO14. The summed E-state index contributed by atoms with van der Waals surface area (Å²) in [6.45, 7) is 1.40. The van der Waals surface area contributed by atoms with Crippen molar-refractivity contribution in [2.45, 2.75) is 93.5 Å². The number of carbonyl (C=O) groups excluding carboxylic acids is 3. The maximum absolute atomic E-state index is 13.3. The molecule has 1 aromatic rings. The zero-order chi connectivity index (χ0) is 32.8. The van der Waals surface area contributed by atoms with Gasteiger partial charge < -0.3 is 49.4 Å². The number of nitrogens with zero attached hydrogens (tertiary/aromatic N) is 1. The predicted octanol–water partition coefficient (Wildman–Crippen LogP) is -0.456. The van der Waals surface area contributed by atoms with Crippen molar-refractivity contribution >= 4 is 29.8 Å². The van der Waals surface area contributed by atoms with Crippen LogP contribution < -0.4 is 4.74 Å². The number of hydrogen-bond acceptors (Lipinski definition) is 13. The van der Waals surface area contributed by atoms with Crippen molar-refractivity contribution in [1.82, 2.24) is 4.90 Å². The molecule has 15 nitrogen and oxygen atoms in total. The van der Waals surface area contributed by atoms with E-state index in [-0.39, 0.29) is 24.8 Å². The monoisotopic (exact) mass is 633 g/mol. The Balaban J connectivity index is 1.44. The molecule has 2 aliphatic heterocycles. The number of likely N-dealkylation sites (N-methyl/N-ethyl adjacent to an activating group) is 1. The summed E-state index contributed by atoms with van der Waals surface area (Å²) >= 11 is 0. The minimum absolute atomic E-state index is 0.0316. The highest BCUT2D eigenvalue weighted by atomic mass is 16.6. The number of rotatable bonds is 11. The van der Waals surface area contributed by atoms with Gasteiger partial charge in [0.05, 0.1) is 30.5 Å². The van der Waals surface area contributed by atoms with Crippen molar-refractivity contribution in [3.63, 3.8) is 0 Å². The fourth-order valence-corrected chi connectivity index (χ4v) is 7.18. The third-order valence-electron chi connectivity index (χ3n) is 9.19. The van der Waals surface area contributed by atoms with Gasteiger partial charge in [0.1, 0.15) is 17.6 Å². The number of carboxylic acid groups (broad SMARTS) is 2. The third kappa shape index (κ3) is 5.43. The Bertz CT molecular complexity index is 1450. The van der Waals surface area contributed by atoms with Gasteiger partial charge in [0.2, 0.25) is 12.2 Å². The summed E-state index contributed by atoms with van der Waals surface area (Å²) in [5, 5.41) is 50.3. The van der Waals surface area contributed by atoms with Gasteiger partial charge in [0, 0.05) is 23.6 Å². The van der Waals surface area contributed by atoms with Gasteiger partial charge in [-0.15, -0.1) is 0 Å². The Kier molecular flexibility index (Phi) is 8.65. The van der Waals surface area contributed by atoms with Crippen molar-refractivity contribution in [3.8, 4) is 5.75 Å². The van der Waals surface area contributed by atoms with Gasteiger partial charge >= 0.3 is 29.8 Å². The molecule has 4 aliphatic rings. The number of esters is 3. The first-order valence-electron chi connectivity index (χ1n) is 14.5. The Morgan fingerprint density at radius 3 is 2.44 bits per heavy atom. The summed E-state index contributed by atoms with van der Waals surface area (Å²) in [7, 11) is 1.94. The van der Waals surface area contributed by atoms with Gasteiger partial charge in [0.15, 0.2) is 6.10 Å². The maximum Gasteiger partial charge on any atom is 0.348 e. The highest BCUT2D eigenvalue weighted by molar-refractivity contribution is 5.88. The second-order valence-corrected chi connectivity index (χ2v) is 11.9. The van der Waals surface area contributed by atoms with Crippen LogP contribution in [-0.4, -0.2) is 110 Å². The van der Waals surface area contributed by atoms with Crippen LogP contribution in [0, 0.1) is 0 Å². The number of aliphatic hydroxyl groups excluding tert-OH is 2. The Morgan fingerprint density at radius 2 is 1.80 bits per heavy atom. The lowest BCUT2D eigenvalue weighted by Gasteiger charge is -2.56. The van der Waals surface area contributed by atoms with Crippen LogP contribution in [0.5, 0.6) is 5.75 Å². The van der Waals surface area contributed by atoms with Crippen molar-refractivity contribution < 1.29 is 68.5 Å². The first-order chi connectivity index (χ1) is 21.2. The van der Waals surface area contributed by atoms with Gasteiger partial charge in [0.25, 0.3) is 0 Å². The van der Waals surface area contributed by atoms with Crippen molar-refractivity contribution in [1.29, 1.82) is 0 Å². The number of aliphatic carboxylic acids is 2. The molecule has 1 spiro atoms. The Morgan fingerprint density at radius 1 is 1.09 bits per heavy atom. The molecule has 0 aromatic heterocycles. The van der Waals surface area contributed by atoms with Crippen molar-refractivity contribution in [3.05, 3.63) is 40.7 Å². The molecule has 45 heavy (non-hydrogen) atoms. The van der Waals surface area contributed by atoms with Gasteiger partial charge in [-0.3, -0.25) is 9.59 Å². The average Bonchev–Trinajstić information content (AvgIpc) is 3.31. The molecule has 15 heteroatoms. The highest BCUT2D eigenvalue weighted by Crippen LogP contribution is 2.64. The number of carbonyl (C=O) groups is 5. The Hall–Kier alpha value is -4.05. The standard InChI is InChI=1S/C30H35NO14/c1-14(33)27(39)44-19(28(40)43-18(26(37)38)11-21(34)35)12-22(36)42-17-6-8-30(41)20-10-15-4-5-16(13-32)24-23(15)29(30,25(17)45-24)7-3-9-31(20)2/h4-6,14,18-20,25,32-33,41H,3,7-13H2,1-2H3,(H,34,35)(H,37,38)/t14-,18+,19-,20+,25-,29-,30+/m0/s1. The molecule has 2 bridgehead atoms. The molecule has 2 heterocycles. The lowest BCUT2D eigenvalue weighted by molar-refractivity contribution is -0.183. The smallest absolute Gasteiger partial charge is 0.348 e. The lowest BCUT2D eigenvalue weighted by atomic mass is 9.52. The van der Waals surface area contributed by atoms with Crippen LogP contribution in [0.2, 0.25) is 0 Å². The predicted molar refractivity (Wildman–Crippen MR) is 148 cm³/mol. The van der Waals surface area contributed by atoms with E-state index in [2.05, 4.69) is 4.90 Å². The molecule has 2 aliphatic carbocycles. The zero-order valence-electron chi connectivity index (χ0n) is 24.6. The minimum atomic E-state index is -2.15. The molecule has 1 saturated heterocycles. The fourth-order valence-electron chi connectivity index (χ4n) is 7.18. The number of ether oxygens (including phenoxy) is 4. The van der Waals surface area contributed by atoms with Crippen LogP contribution in [0.1, 0.15) is 55.7 Å². The quantitative estimate of drug-likeness (QED) is 0.154. The van der Waals surface area contributed by atoms with Crippen molar-refractivity contribution in [2.24, 2.45) is 0 Å². The summed E-state index contributed by atoms with van der Waals surface area (Å²) in [5.41, 5.74) is -0.143. The van der Waals surface area contributed by atoms with Gasteiger partial charge in [-0.2, -0.15) is 0 Å². The molecule has 7 atom stereocenters. The van der Waals surface area contributed by atoms with E-state index in [1.807, 2.05) is 13.1 Å². The number of hydrogen-bond donors (Lipinski definition) is 5. The summed E-state index contributed by atoms with van der Waals surface area (Å²) in [4.78, 5) is 62.8. The number of benzene rings is 1. The normalized spacial score (nSPS) is 28.2. The molecule has 0 amide bonds. The van der Waals surface area contributed by atoms with Gasteiger partial charge in [-0.25, -0.2) is 14.4 Å². The second-order valence-electron chi connectivity index (χ2n) is 11.9. The van der Waals surface area contributed by atoms with Crippen LogP contribution in [0.4, 0.5) is 0 Å². The van der Waals surface area contributed by atoms with E-state index in [4.69, 9.17) is 24.1 Å². The summed E-state index contributed by atoms with van der Waals surface area (Å²) in [5.74, 6) is -6.91. The lowest BCUT2D eigenvalue weighted by Crippen LogP contribution is -2.69. The van der Waals surface area contributed by atoms with Crippen LogP contribution in [-0.2, 0) is 56.6 Å². The molecule has 1 fully saturated rings. The van der Waals surface area contributed by atoms with E-state index in [1.165, 1.54) is 6.08 Å². The largest absolute Gasteiger partial charge is 0.481 e. The number of aliphatic hydroxyl groups is 3. The fraction of sp³-hybridized carbons (Fsp3) is 0.567. The number of carboxylic acids is 2. The second kappa shape index (κ2) is 12.0. The van der Waals surface area contributed by atoms with Crippen molar-refractivity contribution in [2.75, 3.05) is 13.6 Å². The first kappa shape index (κ1) is 32.3. The maximum atomic E-state index is 13.3. The van der Waals surface area contributed by atoms with E-state index in [9.17, 15) is 44.4 Å². The van der Waals surface area contributed by atoms with Crippen LogP contribution in [0.25, 0.3) is 0 Å². The zero-order valence-corrected chi connectivity index (χ0v) is 24.6. The molecule has 1 aromatic carbocycles. The third-order valence-corrected chi connectivity index (χ3v) is 9.19. The molecular weight excluding hydrogens is 598 g/mol. The van der Waals surface area contributed by atoms with Crippen LogP contribution in [0.3, 0.4) is 0 Å². The first-order valence-corrected chi connectivity index (χ1v) is 14.5. The molecule has 0 radical (unpaired) electrons. The average molecular weight is 634 g/mol. The summed E-state index contributed by atoms with van der Waals surface area (Å²) in [6, 6.07) is 3.38. The molecule has 0 unspecified atom stereocenters. The Labute approximate surface area is 256 Å². The van der Waals surface area contributed by atoms with Gasteiger partial charge in [-0.1, -0.05) is 12.1 Å². The topological polar surface area (TPSA) is 227 Å². The molecule has 0 saturated carbocycles. The van der Waals surface area contributed by atoms with Crippen LogP contribution in [0.15, 0.2) is 24.0 Å². The number of likely N-dealkylation sites (tertiary alicyclic amines) is 1. The summed E-state index contributed by atoms with van der Waals surface area (Å²) in [6.07, 6.45) is -5.72. The molecule has 5 rings (SSSR count). The van der Waals surface area contributed by atoms with E-state index in [0.29, 0.717) is 37.1 Å². The molecule has 244 valence electrons. The van der Waals surface area contributed by atoms with E-state index >= 15 is 0 Å². The highest BCUT2D eigenvalue weighted by Gasteiger charge is 2.70. The molecule has 5 N–H and O–H groups in total. The minimum Gasteiger partial charge on any atom is -0.481 e. The van der Waals surface area contributed by atoms with E-state index < -0.39 is 78.1 Å². The SMILES string of the molecule is C[C@H](O)C(=O)O[C@@H](CC(=O)OC1=CC[C@@]2(O)[C@H]3Cc4ccc(CO)c5c4[C@@]2(CCCN3C)[C@H]1O5)C(=O)O[C@H](CC(=O)O)C(=O)O. The van der Waals surface area contributed by atoms with E-state index in [0.717, 1.165) is 18.1 Å². The van der Waals surface area contributed by atoms with Gasteiger partial charge in [-0.05, 0) is 51.4 Å². The van der Waals surface area contributed by atoms with Crippen LogP contribution >= 0.6 is 0 Å².